The number of allylic oxidation sites excluding steroid dienone is 2. The molecule has 1 heterocycles. The third-order valence-electron chi connectivity index (χ3n) is 3.70. The van der Waals surface area contributed by atoms with Gasteiger partial charge in [0.2, 0.25) is 0 Å². The molecule has 0 N–H and O–H groups in total. The van der Waals surface area contributed by atoms with Gasteiger partial charge in [0.05, 0.1) is 0 Å². The molecule has 1 aromatic heterocycles. The van der Waals surface area contributed by atoms with Crippen molar-refractivity contribution < 1.29 is 0 Å². The van der Waals surface area contributed by atoms with Crippen molar-refractivity contribution in [3.05, 3.63) is 30.6 Å². The van der Waals surface area contributed by atoms with Crippen LogP contribution in [0.1, 0.15) is 64.2 Å². The van der Waals surface area contributed by atoms with Gasteiger partial charge < -0.3 is 4.57 Å². The fourth-order valence-corrected chi connectivity index (χ4v) is 2.64. The van der Waals surface area contributed by atoms with E-state index in [9.17, 15) is 0 Å². The summed E-state index contributed by atoms with van der Waals surface area (Å²) in [5.41, 5.74) is 1.51. The van der Waals surface area contributed by atoms with Gasteiger partial charge in [-0.15, -0.1) is 0 Å². The Morgan fingerprint density at radius 3 is 2.00 bits per heavy atom. The molecule has 0 saturated heterocycles. The zero-order valence-corrected chi connectivity index (χ0v) is 10.9. The Labute approximate surface area is 106 Å². The van der Waals surface area contributed by atoms with Crippen LogP contribution in [-0.2, 0) is 0 Å². The second-order valence-corrected chi connectivity index (χ2v) is 5.15. The molecule has 0 amide bonds. The lowest BCUT2D eigenvalue weighted by Crippen LogP contribution is -1.95. The summed E-state index contributed by atoms with van der Waals surface area (Å²) >= 11 is 0. The minimum Gasteiger partial charge on any atom is -0.328 e. The molecule has 0 aliphatic heterocycles. The number of hydrogen-bond acceptors (Lipinski definition) is 0. The van der Waals surface area contributed by atoms with Gasteiger partial charge in [-0.2, -0.15) is 0 Å². The SMILES string of the molecule is C1=C(n2cccc2)CCCCCCCCCC1. The van der Waals surface area contributed by atoms with Crippen LogP contribution in [0.25, 0.3) is 5.70 Å². The highest BCUT2D eigenvalue weighted by Gasteiger charge is 2.01. The quantitative estimate of drug-likeness (QED) is 0.622. The van der Waals surface area contributed by atoms with Gasteiger partial charge in [-0.25, -0.2) is 0 Å². The summed E-state index contributed by atoms with van der Waals surface area (Å²) in [5.74, 6) is 0. The summed E-state index contributed by atoms with van der Waals surface area (Å²) in [6, 6.07) is 4.24. The topological polar surface area (TPSA) is 4.93 Å². The van der Waals surface area contributed by atoms with Gasteiger partial charge in [-0.05, 0) is 37.8 Å². The first-order valence-corrected chi connectivity index (χ1v) is 7.29. The highest BCUT2D eigenvalue weighted by Crippen LogP contribution is 2.19. The lowest BCUT2D eigenvalue weighted by Gasteiger charge is -2.11. The predicted molar refractivity (Wildman–Crippen MR) is 74.9 cm³/mol. The number of nitrogens with zero attached hydrogens (tertiary/aromatic N) is 1. The monoisotopic (exact) mass is 231 g/mol. The Morgan fingerprint density at radius 2 is 1.29 bits per heavy atom. The standard InChI is InChI=1S/C16H25N/c1-2-4-6-8-12-16(13-9-7-5-3-1)17-14-10-11-15-17/h10-12,14-15H,1-9,13H2. The maximum Gasteiger partial charge on any atom is 0.0180 e. The first kappa shape index (κ1) is 12.5. The zero-order valence-electron chi connectivity index (χ0n) is 10.9. The average Bonchev–Trinajstić information content (AvgIpc) is 2.83. The van der Waals surface area contributed by atoms with Gasteiger partial charge >= 0.3 is 0 Å². The van der Waals surface area contributed by atoms with Crippen LogP contribution in [-0.4, -0.2) is 4.57 Å². The van der Waals surface area contributed by atoms with Gasteiger partial charge in [-0.3, -0.25) is 0 Å². The maximum absolute atomic E-state index is 2.46. The molecule has 0 bridgehead atoms. The van der Waals surface area contributed by atoms with Crippen molar-refractivity contribution in [2.24, 2.45) is 0 Å². The van der Waals surface area contributed by atoms with E-state index in [1.165, 1.54) is 69.9 Å². The van der Waals surface area contributed by atoms with Crippen molar-refractivity contribution in [3.8, 4) is 0 Å². The van der Waals surface area contributed by atoms with Crippen LogP contribution >= 0.6 is 0 Å². The normalized spacial score (nSPS) is 20.1. The van der Waals surface area contributed by atoms with Gasteiger partial charge in [-0.1, -0.05) is 44.6 Å². The minimum absolute atomic E-state index is 1.24. The van der Waals surface area contributed by atoms with Crippen LogP contribution in [0.2, 0.25) is 0 Å². The predicted octanol–water partition coefficient (Wildman–Crippen LogP) is 5.24. The van der Waals surface area contributed by atoms with Crippen LogP contribution in [0, 0.1) is 0 Å². The third kappa shape index (κ3) is 4.41. The van der Waals surface area contributed by atoms with Gasteiger partial charge in [0.15, 0.2) is 0 Å². The lowest BCUT2D eigenvalue weighted by molar-refractivity contribution is 0.566. The van der Waals surface area contributed by atoms with E-state index in [1.807, 2.05) is 0 Å². The van der Waals surface area contributed by atoms with E-state index in [-0.39, 0.29) is 0 Å². The molecule has 0 spiro atoms. The Hall–Kier alpha value is -0.980. The second kappa shape index (κ2) is 7.37. The van der Waals surface area contributed by atoms with Crippen molar-refractivity contribution in [2.45, 2.75) is 64.2 Å². The van der Waals surface area contributed by atoms with Crippen molar-refractivity contribution in [1.29, 1.82) is 0 Å². The summed E-state index contributed by atoms with van der Waals surface area (Å²) in [5, 5.41) is 0. The van der Waals surface area contributed by atoms with Crippen LogP contribution in [0.3, 0.4) is 0 Å². The van der Waals surface area contributed by atoms with Gasteiger partial charge in [0, 0.05) is 18.1 Å². The minimum atomic E-state index is 1.24. The molecule has 1 heteroatoms. The van der Waals surface area contributed by atoms with E-state index in [0.717, 1.165) is 0 Å². The van der Waals surface area contributed by atoms with Crippen LogP contribution in [0.15, 0.2) is 30.6 Å². The number of hydrogen-bond donors (Lipinski definition) is 0. The highest BCUT2D eigenvalue weighted by molar-refractivity contribution is 5.45. The van der Waals surface area contributed by atoms with E-state index in [2.05, 4.69) is 35.2 Å². The molecule has 2 rings (SSSR count). The largest absolute Gasteiger partial charge is 0.328 e. The smallest absolute Gasteiger partial charge is 0.0180 e. The molecule has 0 radical (unpaired) electrons. The van der Waals surface area contributed by atoms with E-state index < -0.39 is 0 Å². The lowest BCUT2D eigenvalue weighted by atomic mass is 10.0. The summed E-state index contributed by atoms with van der Waals surface area (Å²) in [6.07, 6.45) is 20.6. The highest BCUT2D eigenvalue weighted by atomic mass is 14.9. The van der Waals surface area contributed by atoms with Crippen LogP contribution in [0.4, 0.5) is 0 Å². The van der Waals surface area contributed by atoms with Crippen molar-refractivity contribution >= 4 is 5.70 Å². The fraction of sp³-hybridized carbons (Fsp3) is 0.625. The van der Waals surface area contributed by atoms with Crippen LogP contribution in [0.5, 0.6) is 0 Å². The molecular formula is C16H25N. The maximum atomic E-state index is 2.46. The van der Waals surface area contributed by atoms with E-state index >= 15 is 0 Å². The van der Waals surface area contributed by atoms with E-state index in [4.69, 9.17) is 0 Å². The molecule has 1 aromatic rings. The molecule has 0 unspecified atom stereocenters. The number of aromatic nitrogens is 1. The molecular weight excluding hydrogens is 206 g/mol. The van der Waals surface area contributed by atoms with E-state index in [0.29, 0.717) is 0 Å². The van der Waals surface area contributed by atoms with E-state index in [1.54, 1.807) is 0 Å². The Morgan fingerprint density at radius 1 is 0.706 bits per heavy atom. The second-order valence-electron chi connectivity index (χ2n) is 5.15. The molecule has 0 fully saturated rings. The van der Waals surface area contributed by atoms with Gasteiger partial charge in [0.25, 0.3) is 0 Å². The molecule has 1 nitrogen and oxygen atoms in total. The summed E-state index contributed by atoms with van der Waals surface area (Å²) in [6.45, 7) is 0. The molecule has 1 aliphatic carbocycles. The fourth-order valence-electron chi connectivity index (χ4n) is 2.64. The molecule has 0 saturated carbocycles. The Bertz CT molecular complexity index is 321. The average molecular weight is 231 g/mol. The summed E-state index contributed by atoms with van der Waals surface area (Å²) in [7, 11) is 0. The first-order chi connectivity index (χ1) is 8.47. The molecule has 1 aliphatic rings. The molecule has 0 aromatic carbocycles. The zero-order chi connectivity index (χ0) is 11.8. The molecule has 0 atom stereocenters. The van der Waals surface area contributed by atoms with Gasteiger partial charge in [0.1, 0.15) is 0 Å². The van der Waals surface area contributed by atoms with Crippen molar-refractivity contribution in [1.82, 2.24) is 4.57 Å². The molecule has 94 valence electrons. The number of rotatable bonds is 1. The van der Waals surface area contributed by atoms with Crippen LogP contribution < -0.4 is 0 Å². The van der Waals surface area contributed by atoms with Crippen molar-refractivity contribution in [3.63, 3.8) is 0 Å². The summed E-state index contributed by atoms with van der Waals surface area (Å²) in [4.78, 5) is 0. The van der Waals surface area contributed by atoms with Crippen molar-refractivity contribution in [2.75, 3.05) is 0 Å². The third-order valence-corrected chi connectivity index (χ3v) is 3.70. The summed E-state index contributed by atoms with van der Waals surface area (Å²) < 4.78 is 2.30. The Kier molecular flexibility index (Phi) is 5.41. The first-order valence-electron chi connectivity index (χ1n) is 7.29. The molecule has 17 heavy (non-hydrogen) atoms. The Balaban J connectivity index is 1.95.